The van der Waals surface area contributed by atoms with E-state index in [1.54, 1.807) is 23.1 Å². The van der Waals surface area contributed by atoms with Gasteiger partial charge in [-0.05, 0) is 48.1 Å². The Morgan fingerprint density at radius 2 is 1.82 bits per heavy atom. The molecule has 0 N–H and O–H groups in total. The highest BCUT2D eigenvalue weighted by Crippen LogP contribution is 2.31. The second kappa shape index (κ2) is 8.53. The predicted molar refractivity (Wildman–Crippen MR) is 120 cm³/mol. The molecule has 1 saturated heterocycles. The van der Waals surface area contributed by atoms with E-state index in [2.05, 4.69) is 36.9 Å². The molecule has 1 fully saturated rings. The Hall–Kier alpha value is -2.05. The highest BCUT2D eigenvalue weighted by atomic mass is 32.2. The van der Waals surface area contributed by atoms with Crippen molar-refractivity contribution >= 4 is 44.4 Å². The summed E-state index contributed by atoms with van der Waals surface area (Å²) in [5.41, 5.74) is 3.22. The van der Waals surface area contributed by atoms with Crippen LogP contribution in [-0.2, 0) is 6.42 Å². The summed E-state index contributed by atoms with van der Waals surface area (Å²) in [6.45, 7) is 7.44. The van der Waals surface area contributed by atoms with E-state index in [9.17, 15) is 4.79 Å². The van der Waals surface area contributed by atoms with Gasteiger partial charge >= 0.3 is 0 Å². The number of hydrogen-bond donors (Lipinski definition) is 0. The number of para-hydroxylation sites is 1. The first kappa shape index (κ1) is 19.3. The number of rotatable bonds is 5. The predicted octanol–water partition coefficient (Wildman–Crippen LogP) is 4.93. The van der Waals surface area contributed by atoms with Crippen molar-refractivity contribution in [1.82, 2.24) is 9.88 Å². The van der Waals surface area contributed by atoms with Gasteiger partial charge in [-0.1, -0.05) is 37.3 Å². The molecule has 1 aliphatic rings. The molecule has 1 aromatic heterocycles. The molecule has 4 nitrogen and oxygen atoms in total. The molecule has 1 amide bonds. The summed E-state index contributed by atoms with van der Waals surface area (Å²) < 4.78 is 1.25. The lowest BCUT2D eigenvalue weighted by Crippen LogP contribution is -2.48. The topological polar surface area (TPSA) is 36.4 Å². The number of fused-ring (bicyclic) bond motifs is 1. The summed E-state index contributed by atoms with van der Waals surface area (Å²) >= 11 is 3.55. The maximum absolute atomic E-state index is 12.8. The molecule has 0 radical (unpaired) electrons. The molecule has 146 valence electrons. The minimum atomic E-state index is 0.130. The third-order valence-corrected chi connectivity index (χ3v) is 7.10. The molecule has 0 unspecified atom stereocenters. The van der Waals surface area contributed by atoms with Crippen molar-refractivity contribution in [2.45, 2.75) is 25.2 Å². The third-order valence-electron chi connectivity index (χ3n) is 5.12. The van der Waals surface area contributed by atoms with E-state index in [-0.39, 0.29) is 5.91 Å². The van der Waals surface area contributed by atoms with Gasteiger partial charge in [0.25, 0.3) is 5.91 Å². The summed E-state index contributed by atoms with van der Waals surface area (Å²) in [4.78, 5) is 23.2. The fourth-order valence-corrected chi connectivity index (χ4v) is 5.29. The number of aromatic nitrogens is 1. The van der Waals surface area contributed by atoms with Gasteiger partial charge in [0, 0.05) is 36.6 Å². The van der Waals surface area contributed by atoms with Gasteiger partial charge in [0.05, 0.1) is 10.2 Å². The van der Waals surface area contributed by atoms with Gasteiger partial charge < -0.3 is 9.80 Å². The Morgan fingerprint density at radius 3 is 2.50 bits per heavy atom. The van der Waals surface area contributed by atoms with Crippen molar-refractivity contribution in [1.29, 1.82) is 0 Å². The fourth-order valence-electron chi connectivity index (χ4n) is 3.56. The Morgan fingerprint density at radius 1 is 1.07 bits per heavy atom. The average Bonchev–Trinajstić information content (AvgIpc) is 3.18. The molecule has 4 rings (SSSR count). The van der Waals surface area contributed by atoms with Crippen molar-refractivity contribution in [2.24, 2.45) is 0 Å². The summed E-state index contributed by atoms with van der Waals surface area (Å²) in [5.74, 6) is 1.17. The number of anilines is 1. The Bertz CT molecular complexity index is 960. The van der Waals surface area contributed by atoms with Crippen LogP contribution in [0.1, 0.15) is 29.8 Å². The number of piperazine rings is 1. The van der Waals surface area contributed by atoms with Crippen molar-refractivity contribution in [3.05, 3.63) is 53.6 Å². The first-order chi connectivity index (χ1) is 13.7. The van der Waals surface area contributed by atoms with E-state index in [1.807, 2.05) is 29.2 Å². The van der Waals surface area contributed by atoms with E-state index < -0.39 is 0 Å². The Balaban J connectivity index is 1.42. The minimum absolute atomic E-state index is 0.130. The van der Waals surface area contributed by atoms with E-state index >= 15 is 0 Å². The summed E-state index contributed by atoms with van der Waals surface area (Å²) in [6, 6.07) is 14.4. The van der Waals surface area contributed by atoms with Gasteiger partial charge in [-0.25, -0.2) is 4.98 Å². The standard InChI is InChI=1S/C22H25N3OS2/c1-3-16-6-5-7-19-20(16)23-22(28-19)25-14-12-24(13-15-25)21(26)17-8-10-18(11-9-17)27-4-2/h5-11H,3-4,12-15H2,1-2H3. The highest BCUT2D eigenvalue weighted by molar-refractivity contribution is 7.99. The molecular formula is C22H25N3OS2. The fraction of sp³-hybridized carbons (Fsp3) is 0.364. The number of thioether (sulfide) groups is 1. The number of carbonyl (C=O) groups is 1. The van der Waals surface area contributed by atoms with Crippen molar-refractivity contribution < 1.29 is 4.79 Å². The lowest BCUT2D eigenvalue weighted by molar-refractivity contribution is 0.0746. The quantitative estimate of drug-likeness (QED) is 0.558. The lowest BCUT2D eigenvalue weighted by Gasteiger charge is -2.34. The zero-order valence-corrected chi connectivity index (χ0v) is 18.0. The zero-order valence-electron chi connectivity index (χ0n) is 16.4. The summed E-state index contributed by atoms with van der Waals surface area (Å²) in [5, 5.41) is 1.07. The van der Waals surface area contributed by atoms with Gasteiger partial charge in [-0.15, -0.1) is 11.8 Å². The van der Waals surface area contributed by atoms with E-state index in [4.69, 9.17) is 4.98 Å². The van der Waals surface area contributed by atoms with Gasteiger partial charge in [0.2, 0.25) is 0 Å². The van der Waals surface area contributed by atoms with E-state index in [0.29, 0.717) is 0 Å². The Labute approximate surface area is 174 Å². The average molecular weight is 412 g/mol. The summed E-state index contributed by atoms with van der Waals surface area (Å²) in [6.07, 6.45) is 0.998. The number of amides is 1. The Kier molecular flexibility index (Phi) is 5.87. The molecule has 2 aromatic carbocycles. The molecule has 2 heterocycles. The first-order valence-electron chi connectivity index (χ1n) is 9.85. The number of nitrogens with zero attached hydrogens (tertiary/aromatic N) is 3. The van der Waals surface area contributed by atoms with Gasteiger partial charge in [-0.3, -0.25) is 4.79 Å². The van der Waals surface area contributed by atoms with Crippen LogP contribution >= 0.6 is 23.1 Å². The smallest absolute Gasteiger partial charge is 0.253 e. The number of aryl methyl sites for hydroxylation is 1. The van der Waals surface area contributed by atoms with Crippen LogP contribution in [0, 0.1) is 0 Å². The van der Waals surface area contributed by atoms with Crippen LogP contribution in [0.25, 0.3) is 10.2 Å². The molecule has 1 aliphatic heterocycles. The molecule has 0 spiro atoms. The zero-order chi connectivity index (χ0) is 19.5. The molecular weight excluding hydrogens is 386 g/mol. The second-order valence-electron chi connectivity index (χ2n) is 6.85. The largest absolute Gasteiger partial charge is 0.345 e. The van der Waals surface area contributed by atoms with Gasteiger partial charge in [-0.2, -0.15) is 0 Å². The lowest BCUT2D eigenvalue weighted by atomic mass is 10.1. The maximum Gasteiger partial charge on any atom is 0.253 e. The SMILES string of the molecule is CCSc1ccc(C(=O)N2CCN(c3nc4c(CC)cccc4s3)CC2)cc1. The van der Waals surface area contributed by atoms with Crippen LogP contribution < -0.4 is 4.90 Å². The molecule has 6 heteroatoms. The van der Waals surface area contributed by atoms with Gasteiger partial charge in [0.1, 0.15) is 0 Å². The normalized spacial score (nSPS) is 14.6. The van der Waals surface area contributed by atoms with Crippen LogP contribution in [0.15, 0.2) is 47.4 Å². The van der Waals surface area contributed by atoms with Crippen molar-refractivity contribution in [3.8, 4) is 0 Å². The highest BCUT2D eigenvalue weighted by Gasteiger charge is 2.24. The maximum atomic E-state index is 12.8. The second-order valence-corrected chi connectivity index (χ2v) is 9.20. The number of hydrogen-bond acceptors (Lipinski definition) is 5. The van der Waals surface area contributed by atoms with E-state index in [0.717, 1.165) is 54.6 Å². The van der Waals surface area contributed by atoms with Crippen LogP contribution in [0.4, 0.5) is 5.13 Å². The van der Waals surface area contributed by atoms with Crippen molar-refractivity contribution in [2.75, 3.05) is 36.8 Å². The minimum Gasteiger partial charge on any atom is -0.345 e. The molecule has 0 atom stereocenters. The van der Waals surface area contributed by atoms with Crippen LogP contribution in [0.3, 0.4) is 0 Å². The molecule has 3 aromatic rings. The molecule has 0 saturated carbocycles. The number of benzene rings is 2. The van der Waals surface area contributed by atoms with Crippen LogP contribution in [0.2, 0.25) is 0 Å². The number of thiazole rings is 1. The third kappa shape index (κ3) is 3.89. The van der Waals surface area contributed by atoms with E-state index in [1.165, 1.54) is 15.2 Å². The monoisotopic (exact) mass is 411 g/mol. The summed E-state index contributed by atoms with van der Waals surface area (Å²) in [7, 11) is 0. The number of carbonyl (C=O) groups excluding carboxylic acids is 1. The van der Waals surface area contributed by atoms with Crippen LogP contribution in [-0.4, -0.2) is 47.7 Å². The van der Waals surface area contributed by atoms with Crippen molar-refractivity contribution in [3.63, 3.8) is 0 Å². The van der Waals surface area contributed by atoms with Crippen LogP contribution in [0.5, 0.6) is 0 Å². The molecule has 0 aliphatic carbocycles. The molecule has 28 heavy (non-hydrogen) atoms. The van der Waals surface area contributed by atoms with Gasteiger partial charge in [0.15, 0.2) is 5.13 Å². The molecule has 0 bridgehead atoms. The first-order valence-corrected chi connectivity index (χ1v) is 11.6.